The summed E-state index contributed by atoms with van der Waals surface area (Å²) in [6, 6.07) is 12.2. The fraction of sp³-hybridized carbons (Fsp3) is 0.659. The van der Waals surface area contributed by atoms with Crippen LogP contribution in [-0.4, -0.2) is 108 Å². The summed E-state index contributed by atoms with van der Waals surface area (Å²) in [6.07, 6.45) is 10.9. The standard InChI is InChI=1S/C44H67ClN4O6S/c1-32(2)12-10-20-44(54-7,31-47-22-23-49(33(3)4)34(5)28-47)40-18-15-37(40)29-48-21-9-8-13-35-26-39(45)17-14-38(35)30-55-42-19-16-36(27-41(42)48)43(50)46-56(51,52)25-11-24-53-6/h10,14,16-17,19-20,26-27,32-34,37,40H,8-9,11-13,15,18,21-25,28-31H2,1-7H3,(H,46,50)/b20-10+/t34-,37+,40-,44+/m1/s1. The predicted molar refractivity (Wildman–Crippen MR) is 227 cm³/mol. The molecule has 0 spiro atoms. The van der Waals surface area contributed by atoms with Gasteiger partial charge in [-0.05, 0) is 125 Å². The van der Waals surface area contributed by atoms with E-state index in [0.29, 0.717) is 60.2 Å². The van der Waals surface area contributed by atoms with Crippen molar-refractivity contribution >= 4 is 33.2 Å². The molecule has 0 aromatic heterocycles. The molecule has 1 saturated heterocycles. The van der Waals surface area contributed by atoms with Gasteiger partial charge in [-0.15, -0.1) is 0 Å². The van der Waals surface area contributed by atoms with Gasteiger partial charge in [-0.1, -0.05) is 43.7 Å². The smallest absolute Gasteiger partial charge is 0.264 e. The van der Waals surface area contributed by atoms with Crippen LogP contribution in [0.25, 0.3) is 0 Å². The number of fused-ring (bicyclic) bond motifs is 2. The molecule has 0 bridgehead atoms. The van der Waals surface area contributed by atoms with Crippen LogP contribution < -0.4 is 14.4 Å². The molecule has 2 heterocycles. The van der Waals surface area contributed by atoms with Crippen molar-refractivity contribution in [1.29, 1.82) is 0 Å². The lowest BCUT2D eigenvalue weighted by Crippen LogP contribution is -2.60. The quantitative estimate of drug-likeness (QED) is 0.136. The van der Waals surface area contributed by atoms with Crippen LogP contribution in [0.1, 0.15) is 94.6 Å². The van der Waals surface area contributed by atoms with E-state index in [1.807, 2.05) is 37.4 Å². The van der Waals surface area contributed by atoms with Gasteiger partial charge in [-0.25, -0.2) is 13.1 Å². The molecule has 312 valence electrons. The van der Waals surface area contributed by atoms with E-state index in [4.69, 9.17) is 25.8 Å². The molecule has 2 aromatic rings. The largest absolute Gasteiger partial charge is 0.487 e. The topological polar surface area (TPSA) is 101 Å². The molecule has 10 nitrogen and oxygen atoms in total. The van der Waals surface area contributed by atoms with E-state index < -0.39 is 21.5 Å². The zero-order chi connectivity index (χ0) is 40.5. The Kier molecular flexibility index (Phi) is 16.1. The minimum atomic E-state index is -3.84. The molecular weight excluding hydrogens is 748 g/mol. The summed E-state index contributed by atoms with van der Waals surface area (Å²) in [7, 11) is -0.430. The zero-order valence-corrected chi connectivity index (χ0v) is 36.5. The van der Waals surface area contributed by atoms with E-state index >= 15 is 0 Å². The Balaban J connectivity index is 1.45. The average Bonchev–Trinajstić information content (AvgIpc) is 3.16. The highest BCUT2D eigenvalue weighted by molar-refractivity contribution is 7.90. The van der Waals surface area contributed by atoms with Gasteiger partial charge in [0, 0.05) is 82.8 Å². The molecular formula is C44H67ClN4O6S. The summed E-state index contributed by atoms with van der Waals surface area (Å²) in [5.74, 6) is 0.999. The van der Waals surface area contributed by atoms with Crippen LogP contribution in [-0.2, 0) is 32.5 Å². The Labute approximate surface area is 342 Å². The van der Waals surface area contributed by atoms with Crippen LogP contribution >= 0.6 is 11.6 Å². The highest BCUT2D eigenvalue weighted by atomic mass is 35.5. The second kappa shape index (κ2) is 20.3. The Morgan fingerprint density at radius 3 is 2.54 bits per heavy atom. The van der Waals surface area contributed by atoms with E-state index in [0.717, 1.165) is 89.0 Å². The van der Waals surface area contributed by atoms with E-state index in [1.54, 1.807) is 6.07 Å². The number of sulfonamides is 1. The summed E-state index contributed by atoms with van der Waals surface area (Å²) in [5.41, 5.74) is 2.90. The molecule has 4 atom stereocenters. The minimum absolute atomic E-state index is 0.196. The van der Waals surface area contributed by atoms with Crippen molar-refractivity contribution in [3.63, 3.8) is 0 Å². The Morgan fingerprint density at radius 1 is 1.05 bits per heavy atom. The summed E-state index contributed by atoms with van der Waals surface area (Å²) >= 11 is 6.43. The highest BCUT2D eigenvalue weighted by Crippen LogP contribution is 2.47. The highest BCUT2D eigenvalue weighted by Gasteiger charge is 2.48. The van der Waals surface area contributed by atoms with Gasteiger partial charge in [0.05, 0.1) is 11.4 Å². The number of rotatable bonds is 16. The number of ether oxygens (including phenoxy) is 3. The summed E-state index contributed by atoms with van der Waals surface area (Å²) in [6.45, 7) is 17.5. The molecule has 1 saturated carbocycles. The number of allylic oxidation sites excluding steroid dienone is 1. The molecule has 56 heavy (non-hydrogen) atoms. The first-order valence-electron chi connectivity index (χ1n) is 20.8. The Hall–Kier alpha value is -2.67. The molecule has 0 unspecified atom stereocenters. The number of nitrogens with zero attached hydrogens (tertiary/aromatic N) is 3. The maximum Gasteiger partial charge on any atom is 0.264 e. The molecule has 1 amide bonds. The van der Waals surface area contributed by atoms with Crippen molar-refractivity contribution in [2.45, 2.75) is 104 Å². The maximum atomic E-state index is 13.5. The van der Waals surface area contributed by atoms with Crippen molar-refractivity contribution in [3.8, 4) is 5.75 Å². The lowest BCUT2D eigenvalue weighted by Gasteiger charge is -2.52. The number of carbonyl (C=O) groups excluding carboxylic acids is 1. The number of halogens is 1. The third-order valence-corrected chi connectivity index (χ3v) is 13.6. The number of piperazine rings is 1. The average molecular weight is 816 g/mol. The molecule has 12 heteroatoms. The second-order valence-electron chi connectivity index (χ2n) is 16.9. The van der Waals surface area contributed by atoms with Gasteiger partial charge >= 0.3 is 0 Å². The van der Waals surface area contributed by atoms with E-state index in [9.17, 15) is 13.2 Å². The third-order valence-electron chi connectivity index (χ3n) is 12.0. The minimum Gasteiger partial charge on any atom is -0.487 e. The second-order valence-corrected chi connectivity index (χ2v) is 19.2. The number of anilines is 1. The molecule has 1 aliphatic carbocycles. The van der Waals surface area contributed by atoms with Crippen LogP contribution in [0.5, 0.6) is 5.75 Å². The molecule has 5 rings (SSSR count). The number of hydrogen-bond donors (Lipinski definition) is 1. The fourth-order valence-corrected chi connectivity index (χ4v) is 10.1. The van der Waals surface area contributed by atoms with Gasteiger partial charge in [-0.2, -0.15) is 0 Å². The first-order valence-corrected chi connectivity index (χ1v) is 22.8. The van der Waals surface area contributed by atoms with Gasteiger partial charge in [0.25, 0.3) is 5.91 Å². The van der Waals surface area contributed by atoms with E-state index in [-0.39, 0.29) is 11.3 Å². The number of benzene rings is 2. The summed E-state index contributed by atoms with van der Waals surface area (Å²) in [4.78, 5) is 21.1. The summed E-state index contributed by atoms with van der Waals surface area (Å²) in [5, 5.41) is 0.713. The number of carbonyl (C=O) groups is 1. The van der Waals surface area contributed by atoms with Crippen LogP contribution in [0, 0.1) is 17.8 Å². The summed E-state index contributed by atoms with van der Waals surface area (Å²) < 4.78 is 46.2. The first-order chi connectivity index (χ1) is 26.7. The van der Waals surface area contributed by atoms with E-state index in [2.05, 4.69) is 66.2 Å². The van der Waals surface area contributed by atoms with Crippen molar-refractivity contribution in [2.24, 2.45) is 17.8 Å². The lowest BCUT2D eigenvalue weighted by molar-refractivity contribution is -0.0992. The van der Waals surface area contributed by atoms with Gasteiger partial charge in [0.2, 0.25) is 10.0 Å². The van der Waals surface area contributed by atoms with Crippen LogP contribution in [0.15, 0.2) is 48.6 Å². The molecule has 2 fully saturated rings. The SMILES string of the molecule is COCCCS(=O)(=O)NC(=O)c1ccc2c(c1)N(C[C@@H]1CC[C@H]1[C@](/C=C/CC(C)C)(CN1CCN(C(C)C)[C@H](C)C1)OC)CCCCc1cc(Cl)ccc1CO2. The van der Waals surface area contributed by atoms with Crippen LogP contribution in [0.2, 0.25) is 5.02 Å². The van der Waals surface area contributed by atoms with Gasteiger partial charge in [0.1, 0.15) is 18.0 Å². The number of methoxy groups -OCH3 is 2. The van der Waals surface area contributed by atoms with Gasteiger partial charge in [-0.3, -0.25) is 14.6 Å². The van der Waals surface area contributed by atoms with Crippen molar-refractivity contribution in [2.75, 3.05) is 70.7 Å². The predicted octanol–water partition coefficient (Wildman–Crippen LogP) is 7.59. The number of aryl methyl sites for hydroxylation is 1. The number of amides is 1. The van der Waals surface area contributed by atoms with Crippen molar-refractivity contribution < 1.29 is 27.4 Å². The molecule has 1 N–H and O–H groups in total. The van der Waals surface area contributed by atoms with E-state index in [1.165, 1.54) is 12.7 Å². The van der Waals surface area contributed by atoms with Crippen molar-refractivity contribution in [3.05, 3.63) is 70.3 Å². The maximum absolute atomic E-state index is 13.5. The van der Waals surface area contributed by atoms with Crippen LogP contribution in [0.4, 0.5) is 5.69 Å². The normalized spacial score (nSPS) is 22.5. The molecule has 0 radical (unpaired) electrons. The number of nitrogens with one attached hydrogen (secondary N) is 1. The molecule has 2 aromatic carbocycles. The zero-order valence-electron chi connectivity index (χ0n) is 34.9. The fourth-order valence-electron chi connectivity index (χ4n) is 8.86. The third kappa shape index (κ3) is 11.7. The monoisotopic (exact) mass is 814 g/mol. The van der Waals surface area contributed by atoms with Gasteiger partial charge in [0.15, 0.2) is 0 Å². The van der Waals surface area contributed by atoms with Crippen molar-refractivity contribution in [1.82, 2.24) is 14.5 Å². The Bertz CT molecular complexity index is 1740. The number of hydrogen-bond acceptors (Lipinski definition) is 9. The van der Waals surface area contributed by atoms with Gasteiger partial charge < -0.3 is 19.1 Å². The molecule has 3 aliphatic rings. The molecule has 2 aliphatic heterocycles. The van der Waals surface area contributed by atoms with Crippen LogP contribution in [0.3, 0.4) is 0 Å². The first kappa shape index (κ1) is 44.4. The lowest BCUT2D eigenvalue weighted by atomic mass is 9.63. The Morgan fingerprint density at radius 2 is 1.86 bits per heavy atom.